The molecule has 1 heterocycles. The van der Waals surface area contributed by atoms with Gasteiger partial charge < -0.3 is 5.32 Å². The topological polar surface area (TPSA) is 58.2 Å². The van der Waals surface area contributed by atoms with Crippen molar-refractivity contribution in [2.24, 2.45) is 5.92 Å². The molecule has 2 N–H and O–H groups in total. The molecule has 1 aromatic rings. The number of anilines is 1. The van der Waals surface area contributed by atoms with E-state index in [1.165, 1.54) is 19.3 Å². The number of benzene rings is 1. The lowest BCUT2D eigenvalue weighted by molar-refractivity contribution is 0.306. The minimum absolute atomic E-state index is 0.203. The highest BCUT2D eigenvalue weighted by Gasteiger charge is 2.35. The van der Waals surface area contributed by atoms with E-state index in [0.717, 1.165) is 21.8 Å². The summed E-state index contributed by atoms with van der Waals surface area (Å²) in [5.41, 5.74) is 0.669. The van der Waals surface area contributed by atoms with Crippen molar-refractivity contribution in [3.63, 3.8) is 0 Å². The first-order valence-electron chi connectivity index (χ1n) is 6.75. The summed E-state index contributed by atoms with van der Waals surface area (Å²) in [7, 11) is -3.46. The maximum atomic E-state index is 12.4. The lowest BCUT2D eigenvalue weighted by Crippen LogP contribution is -2.49. The fourth-order valence-electron chi connectivity index (χ4n) is 3.00. The molecular weight excluding hydrogens is 408 g/mol. The van der Waals surface area contributed by atoms with Crippen molar-refractivity contribution in [2.75, 3.05) is 5.32 Å². The Morgan fingerprint density at radius 2 is 1.80 bits per heavy atom. The number of sulfonamides is 1. The summed E-state index contributed by atoms with van der Waals surface area (Å²) in [5, 5.41) is 3.36. The number of fused-ring (bicyclic) bond motifs is 1. The van der Waals surface area contributed by atoms with Crippen LogP contribution in [-0.2, 0) is 10.0 Å². The van der Waals surface area contributed by atoms with Crippen molar-refractivity contribution in [2.45, 2.75) is 43.2 Å². The number of nitrogens with one attached hydrogen (secondary N) is 2. The summed E-state index contributed by atoms with van der Waals surface area (Å²) < 4.78 is 29.2. The Morgan fingerprint density at radius 3 is 2.50 bits per heavy atom. The minimum atomic E-state index is -3.46. The second-order valence-corrected chi connectivity index (χ2v) is 8.85. The van der Waals surface area contributed by atoms with Gasteiger partial charge >= 0.3 is 0 Å². The lowest BCUT2D eigenvalue weighted by Gasteiger charge is -2.36. The molecular formula is C13H16Br2N2O2S. The van der Waals surface area contributed by atoms with Crippen LogP contribution < -0.4 is 10.0 Å². The van der Waals surface area contributed by atoms with Crippen LogP contribution in [0.5, 0.6) is 0 Å². The Hall–Kier alpha value is -0.110. The predicted molar refractivity (Wildman–Crippen MR) is 86.1 cm³/mol. The normalized spacial score (nSPS) is 25.8. The molecule has 110 valence electrons. The van der Waals surface area contributed by atoms with Gasteiger partial charge in [-0.2, -0.15) is 4.72 Å². The maximum Gasteiger partial charge on any atom is 0.244 e. The molecule has 1 unspecified atom stereocenters. The van der Waals surface area contributed by atoms with Crippen LogP contribution in [0.1, 0.15) is 32.1 Å². The Balaban J connectivity index is 1.98. The zero-order valence-electron chi connectivity index (χ0n) is 10.8. The molecule has 1 aliphatic carbocycles. The highest BCUT2D eigenvalue weighted by molar-refractivity contribution is 9.11. The number of hydrogen-bond acceptors (Lipinski definition) is 3. The molecule has 20 heavy (non-hydrogen) atoms. The second kappa shape index (κ2) is 5.59. The molecule has 0 spiro atoms. The van der Waals surface area contributed by atoms with E-state index in [4.69, 9.17) is 0 Å². The number of halogens is 2. The van der Waals surface area contributed by atoms with Gasteiger partial charge in [0, 0.05) is 8.95 Å². The van der Waals surface area contributed by atoms with E-state index < -0.39 is 10.0 Å². The van der Waals surface area contributed by atoms with Gasteiger partial charge in [0.2, 0.25) is 10.0 Å². The van der Waals surface area contributed by atoms with Crippen molar-refractivity contribution in [3.05, 3.63) is 21.1 Å². The van der Waals surface area contributed by atoms with Crippen molar-refractivity contribution in [1.82, 2.24) is 4.72 Å². The molecule has 1 aromatic carbocycles. The fraction of sp³-hybridized carbons (Fsp3) is 0.538. The van der Waals surface area contributed by atoms with Crippen LogP contribution in [0.25, 0.3) is 0 Å². The van der Waals surface area contributed by atoms with Crippen molar-refractivity contribution in [3.8, 4) is 0 Å². The molecule has 7 heteroatoms. The van der Waals surface area contributed by atoms with Gasteiger partial charge in [-0.1, -0.05) is 35.2 Å². The first-order chi connectivity index (χ1) is 9.47. The average molecular weight is 424 g/mol. The molecule has 1 atom stereocenters. The van der Waals surface area contributed by atoms with Crippen LogP contribution >= 0.6 is 31.9 Å². The Labute approximate surface area is 136 Å². The Kier molecular flexibility index (Phi) is 4.14. The third kappa shape index (κ3) is 2.77. The molecule has 0 bridgehead atoms. The zero-order chi connectivity index (χ0) is 14.3. The number of hydrogen-bond donors (Lipinski definition) is 2. The van der Waals surface area contributed by atoms with Crippen molar-refractivity contribution >= 4 is 47.6 Å². The highest BCUT2D eigenvalue weighted by Crippen LogP contribution is 2.38. The van der Waals surface area contributed by atoms with Gasteiger partial charge in [-0.3, -0.25) is 0 Å². The maximum absolute atomic E-state index is 12.4. The summed E-state index contributed by atoms with van der Waals surface area (Å²) >= 11 is 6.79. The fourth-order valence-corrected chi connectivity index (χ4v) is 6.05. The van der Waals surface area contributed by atoms with Gasteiger partial charge in [-0.25, -0.2) is 8.42 Å². The molecule has 0 radical (unpaired) electrons. The van der Waals surface area contributed by atoms with E-state index in [1.807, 2.05) is 6.07 Å². The monoisotopic (exact) mass is 422 g/mol. The summed E-state index contributed by atoms with van der Waals surface area (Å²) in [5.74, 6) is 0.363. The van der Waals surface area contributed by atoms with Crippen LogP contribution in [0.3, 0.4) is 0 Å². The molecule has 2 aliphatic rings. The third-order valence-electron chi connectivity index (χ3n) is 4.01. The van der Waals surface area contributed by atoms with E-state index >= 15 is 0 Å². The summed E-state index contributed by atoms with van der Waals surface area (Å²) in [6.07, 6.45) is 5.55. The van der Waals surface area contributed by atoms with Crippen LogP contribution in [0.2, 0.25) is 0 Å². The summed E-state index contributed by atoms with van der Waals surface area (Å²) in [4.78, 5) is 0.297. The van der Waals surface area contributed by atoms with Crippen LogP contribution in [-0.4, -0.2) is 14.6 Å². The summed E-state index contributed by atoms with van der Waals surface area (Å²) in [6.45, 7) is 0. The number of rotatable bonds is 1. The first-order valence-corrected chi connectivity index (χ1v) is 9.82. The van der Waals surface area contributed by atoms with Crippen LogP contribution in [0, 0.1) is 5.92 Å². The average Bonchev–Trinajstić information content (AvgIpc) is 2.40. The van der Waals surface area contributed by atoms with Gasteiger partial charge in [0.15, 0.2) is 0 Å². The van der Waals surface area contributed by atoms with Gasteiger partial charge in [0.1, 0.15) is 4.90 Å². The molecule has 0 amide bonds. The van der Waals surface area contributed by atoms with Gasteiger partial charge in [-0.05, 0) is 46.8 Å². The van der Waals surface area contributed by atoms with Gasteiger partial charge in [0.05, 0.1) is 11.9 Å². The van der Waals surface area contributed by atoms with E-state index in [2.05, 4.69) is 41.9 Å². The predicted octanol–water partition coefficient (Wildman–Crippen LogP) is 3.82. The quantitative estimate of drug-likeness (QED) is 0.721. The van der Waals surface area contributed by atoms with E-state index in [-0.39, 0.29) is 6.17 Å². The molecule has 3 rings (SSSR count). The lowest BCUT2D eigenvalue weighted by atomic mass is 9.87. The Morgan fingerprint density at radius 1 is 1.10 bits per heavy atom. The molecule has 1 saturated carbocycles. The van der Waals surface area contributed by atoms with Gasteiger partial charge in [-0.15, -0.1) is 0 Å². The molecule has 1 aliphatic heterocycles. The Bertz CT molecular complexity index is 628. The van der Waals surface area contributed by atoms with Crippen molar-refractivity contribution in [1.29, 1.82) is 0 Å². The molecule has 4 nitrogen and oxygen atoms in total. The summed E-state index contributed by atoms with van der Waals surface area (Å²) in [6, 6.07) is 3.50. The second-order valence-electron chi connectivity index (χ2n) is 5.40. The largest absolute Gasteiger partial charge is 0.367 e. The van der Waals surface area contributed by atoms with E-state index in [9.17, 15) is 8.42 Å². The standard InChI is InChI=1S/C13H16Br2N2O2S/c14-9-6-10(15)12-11(7-9)20(18,19)17-13(16-12)8-4-2-1-3-5-8/h6-8,13,16-17H,1-5H2. The molecule has 0 saturated heterocycles. The first kappa shape index (κ1) is 14.8. The minimum Gasteiger partial charge on any atom is -0.367 e. The molecule has 0 aromatic heterocycles. The third-order valence-corrected chi connectivity index (χ3v) is 6.56. The SMILES string of the molecule is O=S1(=O)NC(C2CCCCC2)Nc2c(Br)cc(Br)cc21. The smallest absolute Gasteiger partial charge is 0.244 e. The van der Waals surface area contributed by atoms with Crippen LogP contribution in [0.4, 0.5) is 5.69 Å². The van der Waals surface area contributed by atoms with Crippen molar-refractivity contribution < 1.29 is 8.42 Å². The zero-order valence-corrected chi connectivity index (χ0v) is 14.8. The highest BCUT2D eigenvalue weighted by atomic mass is 79.9. The van der Waals surface area contributed by atoms with Crippen LogP contribution in [0.15, 0.2) is 26.0 Å². The molecule has 1 fully saturated rings. The van der Waals surface area contributed by atoms with E-state index in [0.29, 0.717) is 16.5 Å². The van der Waals surface area contributed by atoms with E-state index in [1.54, 1.807) is 6.07 Å². The van der Waals surface area contributed by atoms with Gasteiger partial charge in [0.25, 0.3) is 0 Å².